The third kappa shape index (κ3) is 7.39. The Morgan fingerprint density at radius 1 is 1.15 bits per heavy atom. The molecule has 2 aliphatic rings. The fourth-order valence-electron chi connectivity index (χ4n) is 5.72. The SMILES string of the molecule is CS(=O)(=O)c1cc(F)cc(N(C(=O)[C@@H]2CCC(=O)N2c2nccc(C#N)n2)[C@H](C(=O)NC2CCC(F)(F)CC2)c2ccccc2Cl)c1. The number of amides is 3. The molecule has 0 radical (unpaired) electrons. The van der Waals surface area contributed by atoms with E-state index in [4.69, 9.17) is 11.6 Å². The smallest absolute Gasteiger partial charge is 0.251 e. The molecule has 1 aliphatic heterocycles. The molecule has 1 aromatic heterocycles. The average Bonchev–Trinajstić information content (AvgIpc) is 3.41. The molecule has 3 aromatic rings. The Labute approximate surface area is 273 Å². The summed E-state index contributed by atoms with van der Waals surface area (Å²) >= 11 is 6.55. The minimum absolute atomic E-state index is 0.0183. The number of carbonyl (C=O) groups excluding carboxylic acids is 3. The standard InChI is InChI=1S/C31H28ClF3N6O5S/c1-47(45,46)22-15-18(33)14-21(16-22)40(29(44)25-6-7-26(42)41(25)30-37-13-10-20(17-36)39-30)27(23-4-2-3-5-24(23)32)28(43)38-19-8-11-31(34,35)12-9-19/h2-5,10,13-16,19,25,27H,6-9,11-12H2,1H3,(H,38,43)/t25-,27-/m0/s1. The summed E-state index contributed by atoms with van der Waals surface area (Å²) in [5.74, 6) is -6.57. The van der Waals surface area contributed by atoms with Crippen molar-refractivity contribution in [1.29, 1.82) is 5.26 Å². The van der Waals surface area contributed by atoms with Crippen LogP contribution in [0.25, 0.3) is 0 Å². The van der Waals surface area contributed by atoms with Crippen LogP contribution < -0.4 is 15.1 Å². The summed E-state index contributed by atoms with van der Waals surface area (Å²) in [6.45, 7) is 0. The van der Waals surface area contributed by atoms with Crippen LogP contribution >= 0.6 is 11.6 Å². The van der Waals surface area contributed by atoms with E-state index in [0.29, 0.717) is 0 Å². The van der Waals surface area contributed by atoms with Crippen molar-refractivity contribution in [2.24, 2.45) is 0 Å². The number of rotatable bonds is 8. The molecular weight excluding hydrogens is 661 g/mol. The van der Waals surface area contributed by atoms with Crippen molar-refractivity contribution in [2.45, 2.75) is 67.5 Å². The fraction of sp³-hybridized carbons (Fsp3) is 0.355. The highest BCUT2D eigenvalue weighted by atomic mass is 35.5. The molecule has 1 saturated heterocycles. The van der Waals surface area contributed by atoms with Gasteiger partial charge < -0.3 is 5.32 Å². The number of hydrogen-bond donors (Lipinski definition) is 1. The Morgan fingerprint density at radius 2 is 1.85 bits per heavy atom. The number of aromatic nitrogens is 2. The van der Waals surface area contributed by atoms with Crippen LogP contribution in [0.1, 0.15) is 55.8 Å². The maximum atomic E-state index is 15.1. The number of hydrogen-bond acceptors (Lipinski definition) is 8. The molecular formula is C31H28ClF3N6O5S. The molecule has 1 N–H and O–H groups in total. The number of anilines is 2. The zero-order valence-corrected chi connectivity index (χ0v) is 26.4. The number of nitrogens with zero attached hydrogens (tertiary/aromatic N) is 5. The lowest BCUT2D eigenvalue weighted by Crippen LogP contribution is -2.53. The molecule has 0 bridgehead atoms. The Bertz CT molecular complexity index is 1880. The van der Waals surface area contributed by atoms with Crippen molar-refractivity contribution in [3.05, 3.63) is 76.8 Å². The van der Waals surface area contributed by atoms with E-state index in [1.54, 1.807) is 6.07 Å². The van der Waals surface area contributed by atoms with E-state index in [9.17, 15) is 36.8 Å². The van der Waals surface area contributed by atoms with Gasteiger partial charge in [-0.05, 0) is 49.6 Å². The summed E-state index contributed by atoms with van der Waals surface area (Å²) in [5.41, 5.74) is -0.381. The van der Waals surface area contributed by atoms with Crippen LogP contribution in [0.3, 0.4) is 0 Å². The van der Waals surface area contributed by atoms with Crippen molar-refractivity contribution >= 4 is 50.8 Å². The van der Waals surface area contributed by atoms with E-state index in [2.05, 4.69) is 15.3 Å². The number of alkyl halides is 2. The number of halogens is 4. The molecule has 5 rings (SSSR count). The third-order valence-corrected chi connectivity index (χ3v) is 9.48. The zero-order valence-electron chi connectivity index (χ0n) is 24.9. The van der Waals surface area contributed by atoms with Crippen molar-refractivity contribution in [3.8, 4) is 6.07 Å². The maximum Gasteiger partial charge on any atom is 0.251 e. The third-order valence-electron chi connectivity index (χ3n) is 8.04. The fourth-order valence-corrected chi connectivity index (χ4v) is 6.62. The second-order valence-electron chi connectivity index (χ2n) is 11.4. The number of sulfone groups is 1. The molecule has 246 valence electrons. The number of nitriles is 1. The van der Waals surface area contributed by atoms with Gasteiger partial charge in [0.15, 0.2) is 9.84 Å². The van der Waals surface area contributed by atoms with Crippen LogP contribution in [0.15, 0.2) is 59.6 Å². The van der Waals surface area contributed by atoms with Crippen molar-refractivity contribution in [2.75, 3.05) is 16.1 Å². The second-order valence-corrected chi connectivity index (χ2v) is 13.8. The molecule has 2 heterocycles. The molecule has 2 atom stereocenters. The predicted octanol–water partition coefficient (Wildman–Crippen LogP) is 4.51. The predicted molar refractivity (Wildman–Crippen MR) is 164 cm³/mol. The number of nitrogens with one attached hydrogen (secondary N) is 1. The van der Waals surface area contributed by atoms with Crippen molar-refractivity contribution < 1.29 is 36.0 Å². The Balaban J connectivity index is 1.67. The van der Waals surface area contributed by atoms with Gasteiger partial charge in [0.25, 0.3) is 5.91 Å². The molecule has 0 spiro atoms. The highest BCUT2D eigenvalue weighted by Crippen LogP contribution is 2.38. The molecule has 1 saturated carbocycles. The van der Waals surface area contributed by atoms with Crippen LogP contribution in [0, 0.1) is 17.1 Å². The first kappa shape index (κ1) is 33.8. The summed E-state index contributed by atoms with van der Waals surface area (Å²) in [4.78, 5) is 51.5. The normalized spacial score (nSPS) is 18.8. The van der Waals surface area contributed by atoms with E-state index in [1.165, 1.54) is 30.5 Å². The van der Waals surface area contributed by atoms with Gasteiger partial charge in [-0.1, -0.05) is 29.8 Å². The largest absolute Gasteiger partial charge is 0.351 e. The van der Waals surface area contributed by atoms with Gasteiger partial charge in [-0.3, -0.25) is 24.2 Å². The number of carbonyl (C=O) groups is 3. The van der Waals surface area contributed by atoms with Gasteiger partial charge in [0.2, 0.25) is 23.7 Å². The molecule has 2 fully saturated rings. The first-order chi connectivity index (χ1) is 22.2. The lowest BCUT2D eigenvalue weighted by molar-refractivity contribution is -0.128. The van der Waals surface area contributed by atoms with Crippen molar-refractivity contribution in [3.63, 3.8) is 0 Å². The van der Waals surface area contributed by atoms with Gasteiger partial charge in [-0.25, -0.2) is 31.6 Å². The van der Waals surface area contributed by atoms with Crippen LogP contribution in [0.4, 0.5) is 24.8 Å². The van der Waals surface area contributed by atoms with E-state index >= 15 is 4.39 Å². The van der Waals surface area contributed by atoms with Gasteiger partial charge in [0, 0.05) is 54.0 Å². The second kappa shape index (κ2) is 13.3. The molecule has 0 unspecified atom stereocenters. The van der Waals surface area contributed by atoms with Gasteiger partial charge in [0.05, 0.1) is 4.90 Å². The Kier molecular flexibility index (Phi) is 9.55. The van der Waals surface area contributed by atoms with Crippen LogP contribution in [-0.2, 0) is 24.2 Å². The Morgan fingerprint density at radius 3 is 2.51 bits per heavy atom. The summed E-state index contributed by atoms with van der Waals surface area (Å²) in [6, 6.07) is 7.98. The van der Waals surface area contributed by atoms with Gasteiger partial charge in [-0.2, -0.15) is 5.26 Å². The zero-order chi connectivity index (χ0) is 34.1. The maximum absolute atomic E-state index is 15.1. The van der Waals surface area contributed by atoms with E-state index < -0.39 is 75.2 Å². The summed E-state index contributed by atoms with van der Waals surface area (Å²) < 4.78 is 68.0. The van der Waals surface area contributed by atoms with E-state index in [1.807, 2.05) is 6.07 Å². The topological polar surface area (TPSA) is 153 Å². The Hall–Kier alpha value is -4.55. The highest BCUT2D eigenvalue weighted by Gasteiger charge is 2.46. The van der Waals surface area contributed by atoms with Crippen LogP contribution in [0.5, 0.6) is 0 Å². The summed E-state index contributed by atoms with van der Waals surface area (Å²) in [6.07, 6.45) is 0.754. The average molecular weight is 689 g/mol. The molecule has 11 nitrogen and oxygen atoms in total. The first-order valence-electron chi connectivity index (χ1n) is 14.5. The molecule has 47 heavy (non-hydrogen) atoms. The van der Waals surface area contributed by atoms with Crippen LogP contribution in [0.2, 0.25) is 5.02 Å². The quantitative estimate of drug-likeness (QED) is 0.363. The minimum Gasteiger partial charge on any atom is -0.351 e. The summed E-state index contributed by atoms with van der Waals surface area (Å²) in [7, 11) is -4.04. The molecule has 1 aliphatic carbocycles. The van der Waals surface area contributed by atoms with Gasteiger partial charge in [0.1, 0.15) is 29.7 Å². The highest BCUT2D eigenvalue weighted by molar-refractivity contribution is 7.90. The lowest BCUT2D eigenvalue weighted by Gasteiger charge is -2.37. The van der Waals surface area contributed by atoms with Crippen molar-refractivity contribution in [1.82, 2.24) is 15.3 Å². The lowest BCUT2D eigenvalue weighted by atomic mass is 9.91. The molecule has 2 aromatic carbocycles. The summed E-state index contributed by atoms with van der Waals surface area (Å²) in [5, 5.41) is 12.1. The molecule has 16 heteroatoms. The van der Waals surface area contributed by atoms with Gasteiger partial charge in [-0.15, -0.1) is 0 Å². The number of benzene rings is 2. The van der Waals surface area contributed by atoms with E-state index in [0.717, 1.165) is 34.3 Å². The van der Waals surface area contributed by atoms with E-state index in [-0.39, 0.29) is 53.6 Å². The molecule has 3 amide bonds. The van der Waals surface area contributed by atoms with Crippen LogP contribution in [-0.4, -0.2) is 60.4 Å². The first-order valence-corrected chi connectivity index (χ1v) is 16.8. The minimum atomic E-state index is -4.04. The van der Waals surface area contributed by atoms with Gasteiger partial charge >= 0.3 is 0 Å². The monoisotopic (exact) mass is 688 g/mol.